The van der Waals surface area contributed by atoms with E-state index in [0.29, 0.717) is 42.2 Å². The number of aromatic nitrogens is 5. The van der Waals surface area contributed by atoms with Crippen molar-refractivity contribution in [1.82, 2.24) is 29.4 Å². The number of pyridine rings is 1. The standard InChI is InChI=1S/C29H27ClFN7O3/c1-5-20(39)36-10-11-37-16(13-36)14-41-24-21-26(37)35-28(40)38(25-18(29(2,3)4)12-32-15-33-25)27(21)34-23(22(24)30)17-8-6-7-9-19(17)31/h5-9,12,15-16H,1,10-11,13-14H2,2-4H3/t16-/m1/s1. The molecule has 0 aliphatic carbocycles. The SMILES string of the molecule is C=CC(=O)N1CCN2c3nc(=O)n(-c4ncncc4C(C)(C)C)c4nc(-c5ccccc5F)c(Cl)c(c34)OC[C@H]2C1. The molecule has 3 aromatic heterocycles. The highest BCUT2D eigenvalue weighted by Gasteiger charge is 2.37. The fourth-order valence-corrected chi connectivity index (χ4v) is 5.66. The number of hydrogen-bond acceptors (Lipinski definition) is 8. The van der Waals surface area contributed by atoms with Crippen LogP contribution in [0.25, 0.3) is 28.1 Å². The van der Waals surface area contributed by atoms with Crippen LogP contribution in [-0.4, -0.2) is 67.6 Å². The molecule has 5 heterocycles. The molecule has 1 fully saturated rings. The summed E-state index contributed by atoms with van der Waals surface area (Å²) in [6, 6.07) is 5.80. The summed E-state index contributed by atoms with van der Waals surface area (Å²) in [4.78, 5) is 47.9. The van der Waals surface area contributed by atoms with Gasteiger partial charge in [0.1, 0.15) is 40.8 Å². The van der Waals surface area contributed by atoms with E-state index in [2.05, 4.69) is 21.5 Å². The quantitative estimate of drug-likeness (QED) is 0.338. The van der Waals surface area contributed by atoms with Crippen molar-refractivity contribution in [2.75, 3.05) is 31.1 Å². The Morgan fingerprint density at radius 1 is 1.20 bits per heavy atom. The first-order valence-corrected chi connectivity index (χ1v) is 13.5. The molecule has 2 aliphatic rings. The summed E-state index contributed by atoms with van der Waals surface area (Å²) in [6.07, 6.45) is 4.28. The van der Waals surface area contributed by atoms with Gasteiger partial charge in [0.15, 0.2) is 11.4 Å². The number of carbonyl (C=O) groups is 1. The molecule has 2 aliphatic heterocycles. The topological polar surface area (TPSA) is 106 Å². The number of rotatable bonds is 3. The number of ether oxygens (including phenoxy) is 1. The van der Waals surface area contributed by atoms with Gasteiger partial charge in [-0.1, -0.05) is 51.1 Å². The maximum atomic E-state index is 15.1. The second kappa shape index (κ2) is 9.91. The van der Waals surface area contributed by atoms with Crippen molar-refractivity contribution in [1.29, 1.82) is 0 Å². The molecule has 6 rings (SSSR count). The maximum absolute atomic E-state index is 15.1. The van der Waals surface area contributed by atoms with Crippen molar-refractivity contribution in [2.24, 2.45) is 0 Å². The van der Waals surface area contributed by atoms with Gasteiger partial charge in [0.05, 0.1) is 11.7 Å². The van der Waals surface area contributed by atoms with E-state index in [0.717, 1.165) is 0 Å². The van der Waals surface area contributed by atoms with Crippen LogP contribution in [0.1, 0.15) is 26.3 Å². The summed E-state index contributed by atoms with van der Waals surface area (Å²) in [5.74, 6) is 0.149. The molecule has 12 heteroatoms. The van der Waals surface area contributed by atoms with E-state index in [9.17, 15) is 9.59 Å². The Bertz CT molecular complexity index is 1790. The Labute approximate surface area is 240 Å². The van der Waals surface area contributed by atoms with E-state index in [1.807, 2.05) is 25.7 Å². The fraction of sp³-hybridized carbons (Fsp3) is 0.310. The number of piperazine rings is 1. The van der Waals surface area contributed by atoms with Crippen LogP contribution in [0.4, 0.5) is 10.2 Å². The van der Waals surface area contributed by atoms with E-state index in [1.54, 1.807) is 29.3 Å². The number of nitrogens with zero attached hydrogens (tertiary/aromatic N) is 7. The molecule has 10 nitrogen and oxygen atoms in total. The fourth-order valence-electron chi connectivity index (χ4n) is 5.36. The molecule has 0 bridgehead atoms. The Balaban J connectivity index is 1.68. The lowest BCUT2D eigenvalue weighted by molar-refractivity contribution is -0.126. The minimum atomic E-state index is -0.623. The molecule has 0 unspecified atom stereocenters. The minimum absolute atomic E-state index is 0.0912. The van der Waals surface area contributed by atoms with Crippen LogP contribution >= 0.6 is 11.6 Å². The van der Waals surface area contributed by atoms with Crippen LogP contribution in [0.2, 0.25) is 5.02 Å². The van der Waals surface area contributed by atoms with Crippen LogP contribution in [0.3, 0.4) is 0 Å². The molecule has 0 spiro atoms. The summed E-state index contributed by atoms with van der Waals surface area (Å²) < 4.78 is 22.7. The third-order valence-electron chi connectivity index (χ3n) is 7.41. The van der Waals surface area contributed by atoms with Crippen molar-refractivity contribution in [2.45, 2.75) is 32.2 Å². The van der Waals surface area contributed by atoms with Gasteiger partial charge in [-0.2, -0.15) is 4.98 Å². The van der Waals surface area contributed by atoms with Crippen molar-refractivity contribution >= 4 is 34.4 Å². The summed E-state index contributed by atoms with van der Waals surface area (Å²) in [6.45, 7) is 10.8. The minimum Gasteiger partial charge on any atom is -0.489 e. The molecule has 0 radical (unpaired) electrons. The molecule has 1 amide bonds. The van der Waals surface area contributed by atoms with E-state index < -0.39 is 16.9 Å². The lowest BCUT2D eigenvalue weighted by Crippen LogP contribution is -2.56. The van der Waals surface area contributed by atoms with Crippen LogP contribution in [0.15, 0.2) is 54.2 Å². The first-order valence-electron chi connectivity index (χ1n) is 13.1. The predicted molar refractivity (Wildman–Crippen MR) is 153 cm³/mol. The van der Waals surface area contributed by atoms with E-state index in [-0.39, 0.29) is 46.2 Å². The Morgan fingerprint density at radius 3 is 2.71 bits per heavy atom. The largest absolute Gasteiger partial charge is 0.489 e. The molecule has 0 saturated carbocycles. The molecule has 1 saturated heterocycles. The van der Waals surface area contributed by atoms with Crippen molar-refractivity contribution in [3.63, 3.8) is 0 Å². The third-order valence-corrected chi connectivity index (χ3v) is 7.76. The monoisotopic (exact) mass is 575 g/mol. The number of halogens is 2. The van der Waals surface area contributed by atoms with Gasteiger partial charge in [-0.15, -0.1) is 0 Å². The first kappa shape index (κ1) is 26.8. The van der Waals surface area contributed by atoms with E-state index in [1.165, 1.54) is 23.0 Å². The summed E-state index contributed by atoms with van der Waals surface area (Å²) >= 11 is 6.92. The van der Waals surface area contributed by atoms with E-state index >= 15 is 4.39 Å². The summed E-state index contributed by atoms with van der Waals surface area (Å²) in [7, 11) is 0. The average Bonchev–Trinajstić information content (AvgIpc) is 3.11. The molecular formula is C29H27ClFN7O3. The number of hydrogen-bond donors (Lipinski definition) is 0. The van der Waals surface area contributed by atoms with E-state index in [4.69, 9.17) is 21.3 Å². The molecule has 41 heavy (non-hydrogen) atoms. The maximum Gasteiger partial charge on any atom is 0.357 e. The average molecular weight is 576 g/mol. The van der Waals surface area contributed by atoms with Crippen LogP contribution in [-0.2, 0) is 10.2 Å². The van der Waals surface area contributed by atoms with Crippen LogP contribution < -0.4 is 15.3 Å². The molecule has 1 aromatic carbocycles. The van der Waals surface area contributed by atoms with Gasteiger partial charge in [-0.25, -0.2) is 28.7 Å². The highest BCUT2D eigenvalue weighted by atomic mass is 35.5. The van der Waals surface area contributed by atoms with Crippen LogP contribution in [0.5, 0.6) is 5.75 Å². The lowest BCUT2D eigenvalue weighted by Gasteiger charge is -2.40. The van der Waals surface area contributed by atoms with Gasteiger partial charge in [-0.05, 0) is 23.6 Å². The number of amides is 1. The summed E-state index contributed by atoms with van der Waals surface area (Å²) in [5.41, 5.74) is 0.0735. The Kier molecular flexibility index (Phi) is 6.49. The molecule has 210 valence electrons. The Hall–Kier alpha value is -4.38. The highest BCUT2D eigenvalue weighted by molar-refractivity contribution is 6.36. The first-order chi connectivity index (χ1) is 19.6. The van der Waals surface area contributed by atoms with Gasteiger partial charge in [0, 0.05) is 37.0 Å². The van der Waals surface area contributed by atoms with Crippen LogP contribution in [0, 0.1) is 5.82 Å². The molecule has 4 aromatic rings. The lowest BCUT2D eigenvalue weighted by atomic mass is 9.88. The van der Waals surface area contributed by atoms with Crippen molar-refractivity contribution in [3.8, 4) is 22.8 Å². The third kappa shape index (κ3) is 4.40. The number of benzene rings is 1. The zero-order valence-corrected chi connectivity index (χ0v) is 23.5. The van der Waals surface area contributed by atoms with Gasteiger partial charge in [0.25, 0.3) is 0 Å². The zero-order valence-electron chi connectivity index (χ0n) is 22.8. The molecule has 0 N–H and O–H groups in total. The smallest absolute Gasteiger partial charge is 0.357 e. The second-order valence-corrected chi connectivity index (χ2v) is 11.4. The van der Waals surface area contributed by atoms with Gasteiger partial charge < -0.3 is 14.5 Å². The van der Waals surface area contributed by atoms with Gasteiger partial charge in [0.2, 0.25) is 5.91 Å². The Morgan fingerprint density at radius 2 is 1.98 bits per heavy atom. The van der Waals surface area contributed by atoms with Gasteiger partial charge >= 0.3 is 5.69 Å². The number of fused-ring (bicyclic) bond motifs is 2. The summed E-state index contributed by atoms with van der Waals surface area (Å²) in [5, 5.41) is 0.493. The number of anilines is 1. The highest BCUT2D eigenvalue weighted by Crippen LogP contribution is 2.45. The zero-order chi connectivity index (χ0) is 29.1. The van der Waals surface area contributed by atoms with Gasteiger partial charge in [-0.3, -0.25) is 4.79 Å². The number of carbonyl (C=O) groups excluding carboxylic acids is 1. The van der Waals surface area contributed by atoms with Crippen molar-refractivity contribution in [3.05, 3.63) is 76.3 Å². The molecular weight excluding hydrogens is 549 g/mol. The predicted octanol–water partition coefficient (Wildman–Crippen LogP) is 3.92. The second-order valence-electron chi connectivity index (χ2n) is 11.0. The molecule has 1 atom stereocenters. The van der Waals surface area contributed by atoms with Crippen molar-refractivity contribution < 1.29 is 13.9 Å². The normalized spacial score (nSPS) is 16.7.